The Hall–Kier alpha value is -3.15. The first-order valence-corrected chi connectivity index (χ1v) is 8.66. The van der Waals surface area contributed by atoms with Crippen LogP contribution in [0.3, 0.4) is 0 Å². The highest BCUT2D eigenvalue weighted by atomic mass is 16.3. The molecule has 1 aliphatic rings. The van der Waals surface area contributed by atoms with Crippen LogP contribution in [0.4, 0.5) is 0 Å². The third-order valence-corrected chi connectivity index (χ3v) is 4.45. The van der Waals surface area contributed by atoms with Crippen molar-refractivity contribution in [2.45, 2.75) is 18.9 Å². The number of hydrogen-bond acceptors (Lipinski definition) is 4. The third kappa shape index (κ3) is 3.59. The molecule has 2 amide bonds. The number of pyridine rings is 1. The first-order valence-electron chi connectivity index (χ1n) is 8.66. The highest BCUT2D eigenvalue weighted by Crippen LogP contribution is 2.29. The maximum Gasteiger partial charge on any atom is 0.240 e. The summed E-state index contributed by atoms with van der Waals surface area (Å²) in [5.74, 6) is 0.402. The molecule has 0 aliphatic heterocycles. The van der Waals surface area contributed by atoms with E-state index < -0.39 is 6.04 Å². The lowest BCUT2D eigenvalue weighted by Gasteiger charge is -2.17. The molecule has 1 fully saturated rings. The van der Waals surface area contributed by atoms with E-state index in [4.69, 9.17) is 4.42 Å². The first kappa shape index (κ1) is 16.3. The molecule has 2 heterocycles. The Balaban J connectivity index is 1.54. The van der Waals surface area contributed by atoms with E-state index in [1.807, 2.05) is 42.5 Å². The lowest BCUT2D eigenvalue weighted by molar-refractivity contribution is -0.127. The molecule has 1 aromatic carbocycles. The summed E-state index contributed by atoms with van der Waals surface area (Å²) in [4.78, 5) is 28.1. The molecule has 2 aromatic heterocycles. The van der Waals surface area contributed by atoms with Crippen LogP contribution in [0.15, 0.2) is 59.3 Å². The zero-order valence-electron chi connectivity index (χ0n) is 14.1. The molecule has 1 saturated carbocycles. The number of carbonyl (C=O) groups excluding carboxylic acids is 2. The van der Waals surface area contributed by atoms with E-state index >= 15 is 0 Å². The van der Waals surface area contributed by atoms with Crippen molar-refractivity contribution in [3.05, 3.63) is 66.2 Å². The van der Waals surface area contributed by atoms with Crippen LogP contribution >= 0.6 is 0 Å². The quantitative estimate of drug-likeness (QED) is 0.716. The minimum Gasteiger partial charge on any atom is -0.459 e. The summed E-state index contributed by atoms with van der Waals surface area (Å²) in [6.07, 6.45) is 5.16. The van der Waals surface area contributed by atoms with Gasteiger partial charge in [0.1, 0.15) is 17.4 Å². The maximum absolute atomic E-state index is 12.4. The van der Waals surface area contributed by atoms with Gasteiger partial charge in [-0.25, -0.2) is 0 Å². The number of fused-ring (bicyclic) bond motifs is 1. The van der Waals surface area contributed by atoms with Gasteiger partial charge in [0.05, 0.1) is 6.54 Å². The molecule has 3 aromatic rings. The molecular formula is C20H19N3O3. The van der Waals surface area contributed by atoms with Gasteiger partial charge < -0.3 is 15.1 Å². The van der Waals surface area contributed by atoms with E-state index in [0.29, 0.717) is 5.76 Å². The van der Waals surface area contributed by atoms with E-state index in [1.165, 1.54) is 0 Å². The molecule has 4 rings (SSSR count). The zero-order chi connectivity index (χ0) is 17.9. The number of furan rings is 1. The van der Waals surface area contributed by atoms with Gasteiger partial charge in [0.2, 0.25) is 11.8 Å². The Kier molecular flexibility index (Phi) is 4.39. The van der Waals surface area contributed by atoms with Crippen molar-refractivity contribution in [1.29, 1.82) is 0 Å². The topological polar surface area (TPSA) is 84.2 Å². The number of rotatable bonds is 6. The Bertz CT molecular complexity index is 899. The number of amides is 2. The second-order valence-corrected chi connectivity index (χ2v) is 6.46. The molecular weight excluding hydrogens is 330 g/mol. The fourth-order valence-corrected chi connectivity index (χ4v) is 2.89. The van der Waals surface area contributed by atoms with Crippen molar-refractivity contribution in [1.82, 2.24) is 15.6 Å². The SMILES string of the molecule is O=C(CNC(=O)C1CC1)N[C@@H](c1ccncc1)c1cc2ccccc2o1. The van der Waals surface area contributed by atoms with Gasteiger partial charge in [-0.1, -0.05) is 18.2 Å². The second-order valence-electron chi connectivity index (χ2n) is 6.46. The lowest BCUT2D eigenvalue weighted by Crippen LogP contribution is -2.39. The van der Waals surface area contributed by atoms with Crippen molar-refractivity contribution in [2.75, 3.05) is 6.54 Å². The molecule has 1 aliphatic carbocycles. The monoisotopic (exact) mass is 349 g/mol. The van der Waals surface area contributed by atoms with Crippen molar-refractivity contribution >= 4 is 22.8 Å². The molecule has 6 heteroatoms. The summed E-state index contributed by atoms with van der Waals surface area (Å²) >= 11 is 0. The summed E-state index contributed by atoms with van der Waals surface area (Å²) in [6, 6.07) is 12.8. The number of benzene rings is 1. The predicted molar refractivity (Wildman–Crippen MR) is 96.2 cm³/mol. The largest absolute Gasteiger partial charge is 0.459 e. The predicted octanol–water partition coefficient (Wildman–Crippen LogP) is 2.56. The Morgan fingerprint density at radius 3 is 2.65 bits per heavy atom. The van der Waals surface area contributed by atoms with Crippen molar-refractivity contribution in [2.24, 2.45) is 5.92 Å². The zero-order valence-corrected chi connectivity index (χ0v) is 14.1. The molecule has 132 valence electrons. The van der Waals surface area contributed by atoms with Crippen LogP contribution in [-0.2, 0) is 9.59 Å². The Labute approximate surface area is 150 Å². The molecule has 0 saturated heterocycles. The molecule has 2 N–H and O–H groups in total. The average molecular weight is 349 g/mol. The van der Waals surface area contributed by atoms with Gasteiger partial charge in [0.15, 0.2) is 0 Å². The van der Waals surface area contributed by atoms with Gasteiger partial charge in [0, 0.05) is 23.7 Å². The first-order chi connectivity index (χ1) is 12.7. The molecule has 0 unspecified atom stereocenters. The smallest absolute Gasteiger partial charge is 0.240 e. The van der Waals surface area contributed by atoms with Crippen molar-refractivity contribution < 1.29 is 14.0 Å². The van der Waals surface area contributed by atoms with Crippen LogP contribution in [0.2, 0.25) is 0 Å². The molecule has 6 nitrogen and oxygen atoms in total. The van der Waals surface area contributed by atoms with Crippen LogP contribution in [0, 0.1) is 5.92 Å². The number of hydrogen-bond donors (Lipinski definition) is 2. The average Bonchev–Trinajstić information content (AvgIpc) is 3.43. The van der Waals surface area contributed by atoms with E-state index in [1.54, 1.807) is 12.4 Å². The third-order valence-electron chi connectivity index (χ3n) is 4.45. The Morgan fingerprint density at radius 2 is 1.92 bits per heavy atom. The summed E-state index contributed by atoms with van der Waals surface area (Å²) < 4.78 is 5.94. The van der Waals surface area contributed by atoms with E-state index in [9.17, 15) is 9.59 Å². The van der Waals surface area contributed by atoms with Gasteiger partial charge in [0.25, 0.3) is 0 Å². The van der Waals surface area contributed by atoms with Gasteiger partial charge in [-0.2, -0.15) is 0 Å². The van der Waals surface area contributed by atoms with Gasteiger partial charge in [-0.3, -0.25) is 14.6 Å². The van der Waals surface area contributed by atoms with Crippen LogP contribution in [0.1, 0.15) is 30.2 Å². The molecule has 0 spiro atoms. The van der Waals surface area contributed by atoms with Crippen molar-refractivity contribution in [3.63, 3.8) is 0 Å². The summed E-state index contributed by atoms with van der Waals surface area (Å²) in [7, 11) is 0. The van der Waals surface area contributed by atoms with E-state index in [-0.39, 0.29) is 24.3 Å². The van der Waals surface area contributed by atoms with E-state index in [0.717, 1.165) is 29.4 Å². The van der Waals surface area contributed by atoms with Crippen LogP contribution in [-0.4, -0.2) is 23.3 Å². The second kappa shape index (κ2) is 7.00. The fraction of sp³-hybridized carbons (Fsp3) is 0.250. The number of nitrogens with zero attached hydrogens (tertiary/aromatic N) is 1. The molecule has 0 radical (unpaired) electrons. The normalized spacial score (nSPS) is 14.8. The van der Waals surface area contributed by atoms with Crippen LogP contribution < -0.4 is 10.6 Å². The minimum atomic E-state index is -0.448. The minimum absolute atomic E-state index is 0.0445. The van der Waals surface area contributed by atoms with Crippen LogP contribution in [0.25, 0.3) is 11.0 Å². The van der Waals surface area contributed by atoms with E-state index in [2.05, 4.69) is 15.6 Å². The lowest BCUT2D eigenvalue weighted by atomic mass is 10.1. The number of para-hydroxylation sites is 1. The number of aromatic nitrogens is 1. The highest BCUT2D eigenvalue weighted by Gasteiger charge is 2.30. The number of nitrogens with one attached hydrogen (secondary N) is 2. The highest BCUT2D eigenvalue weighted by molar-refractivity contribution is 5.87. The molecule has 26 heavy (non-hydrogen) atoms. The fourth-order valence-electron chi connectivity index (χ4n) is 2.89. The standard InChI is InChI=1S/C20H19N3O3/c24-18(12-22-20(25)14-5-6-14)23-19(13-7-9-21-10-8-13)17-11-15-3-1-2-4-16(15)26-17/h1-4,7-11,14,19H,5-6,12H2,(H,22,25)(H,23,24)/t19-/m0/s1. The summed E-state index contributed by atoms with van der Waals surface area (Å²) in [5.41, 5.74) is 1.62. The van der Waals surface area contributed by atoms with Gasteiger partial charge in [-0.05, 0) is 42.7 Å². The van der Waals surface area contributed by atoms with Gasteiger partial charge in [-0.15, -0.1) is 0 Å². The molecule has 0 bridgehead atoms. The van der Waals surface area contributed by atoms with Crippen LogP contribution in [0.5, 0.6) is 0 Å². The number of carbonyl (C=O) groups is 2. The van der Waals surface area contributed by atoms with Crippen molar-refractivity contribution in [3.8, 4) is 0 Å². The summed E-state index contributed by atoms with van der Waals surface area (Å²) in [6.45, 7) is -0.0445. The Morgan fingerprint density at radius 1 is 1.15 bits per heavy atom. The molecule has 1 atom stereocenters. The maximum atomic E-state index is 12.4. The van der Waals surface area contributed by atoms with Gasteiger partial charge >= 0.3 is 0 Å². The summed E-state index contributed by atoms with van der Waals surface area (Å²) in [5, 5.41) is 6.61.